The summed E-state index contributed by atoms with van der Waals surface area (Å²) in [4.78, 5) is 54.2. The number of carbonyl (C=O) groups excluding carboxylic acids is 4. The zero-order valence-electron chi connectivity index (χ0n) is 16.8. The van der Waals surface area contributed by atoms with E-state index < -0.39 is 57.9 Å². The molecule has 4 rings (SSSR count). The molecule has 1 aromatic carbocycles. The number of carbonyl (C=O) groups is 4. The number of phenolic OH excluding ortho intramolecular Hbond substituents is 1. The lowest BCUT2D eigenvalue weighted by molar-refractivity contribution is -0.159. The van der Waals surface area contributed by atoms with Gasteiger partial charge in [0.1, 0.15) is 17.1 Å². The second kappa shape index (κ2) is 7.18. The average molecular weight is 443 g/mol. The highest BCUT2D eigenvalue weighted by atomic mass is 16.6. The molecule has 0 heterocycles. The van der Waals surface area contributed by atoms with Crippen molar-refractivity contribution >= 4 is 29.1 Å². The van der Waals surface area contributed by atoms with Gasteiger partial charge in [0.05, 0.1) is 12.0 Å². The Bertz CT molecular complexity index is 1170. The number of hydrogen-bond acceptors (Lipinski definition) is 9. The van der Waals surface area contributed by atoms with E-state index in [2.05, 4.69) is 0 Å². The van der Waals surface area contributed by atoms with Crippen molar-refractivity contribution in [3.05, 3.63) is 45.7 Å². The number of fused-ring (bicyclic) bond motifs is 3. The highest BCUT2D eigenvalue weighted by Gasteiger charge is 2.62. The summed E-state index contributed by atoms with van der Waals surface area (Å²) in [6, 6.07) is 2.77. The standard InChI is InChI=1S/C21H21N3O8/c22-13(27)5-7-1-2-11(25)15-10(7)4-8-3-9-6-12(26)16(20(23)31)19(30)21(9,32-24)18(29)14(8)17(15)28/h1-2,8-9,25,28,30H,3-6,24H2,(H2,22,27)(H2,23,31)/t8-,9+,21+/m1/s1. The Morgan fingerprint density at radius 3 is 2.41 bits per heavy atom. The second-order valence-corrected chi connectivity index (χ2v) is 8.23. The summed E-state index contributed by atoms with van der Waals surface area (Å²) in [6.07, 6.45) is -0.253. The SMILES string of the molecule is NO[C@]12C(=O)C3=C(O)c4c(O)ccc(CC(N)=O)c4C[C@H]3C[C@H]1CC(=O)C(C(N)=O)=C2O. The molecule has 32 heavy (non-hydrogen) atoms. The number of primary amides is 2. The van der Waals surface area contributed by atoms with Crippen LogP contribution in [0.4, 0.5) is 0 Å². The molecular formula is C21H21N3O8. The van der Waals surface area contributed by atoms with Gasteiger partial charge in [-0.3, -0.25) is 24.0 Å². The fourth-order valence-corrected chi connectivity index (χ4v) is 5.23. The zero-order valence-corrected chi connectivity index (χ0v) is 16.8. The van der Waals surface area contributed by atoms with Gasteiger partial charge in [-0.2, -0.15) is 0 Å². The van der Waals surface area contributed by atoms with Crippen molar-refractivity contribution < 1.29 is 39.3 Å². The molecule has 168 valence electrons. The lowest BCUT2D eigenvalue weighted by Crippen LogP contribution is -2.60. The Hall–Kier alpha value is -3.70. The average Bonchev–Trinajstić information content (AvgIpc) is 2.69. The molecule has 0 unspecified atom stereocenters. The van der Waals surface area contributed by atoms with Gasteiger partial charge in [-0.1, -0.05) is 6.07 Å². The number of benzene rings is 1. The number of aliphatic hydroxyl groups excluding tert-OH is 2. The maximum Gasteiger partial charge on any atom is 0.255 e. The lowest BCUT2D eigenvalue weighted by atomic mass is 9.59. The minimum Gasteiger partial charge on any atom is -0.508 e. The van der Waals surface area contributed by atoms with Crippen molar-refractivity contribution in [3.8, 4) is 5.75 Å². The van der Waals surface area contributed by atoms with Gasteiger partial charge in [-0.25, -0.2) is 5.90 Å². The third kappa shape index (κ3) is 2.75. The molecule has 1 fully saturated rings. The van der Waals surface area contributed by atoms with Crippen LogP contribution < -0.4 is 17.4 Å². The molecule has 0 spiro atoms. The van der Waals surface area contributed by atoms with Gasteiger partial charge < -0.3 is 26.8 Å². The topological polar surface area (TPSA) is 216 Å². The van der Waals surface area contributed by atoms with Crippen LogP contribution in [-0.4, -0.2) is 44.3 Å². The maximum absolute atomic E-state index is 13.6. The minimum atomic E-state index is -2.28. The monoisotopic (exact) mass is 443 g/mol. The number of amides is 2. The number of hydrogen-bond donors (Lipinski definition) is 6. The van der Waals surface area contributed by atoms with Crippen molar-refractivity contribution in [2.75, 3.05) is 0 Å². The summed E-state index contributed by atoms with van der Waals surface area (Å²) < 4.78 is 0. The number of Topliss-reactive ketones (excluding diaryl/α,β-unsaturated/α-hetero) is 2. The van der Waals surface area contributed by atoms with E-state index in [9.17, 15) is 34.5 Å². The Morgan fingerprint density at radius 2 is 1.81 bits per heavy atom. The van der Waals surface area contributed by atoms with Crippen molar-refractivity contribution in [1.29, 1.82) is 0 Å². The van der Waals surface area contributed by atoms with E-state index in [-0.39, 0.29) is 42.6 Å². The van der Waals surface area contributed by atoms with Gasteiger partial charge >= 0.3 is 0 Å². The molecule has 1 saturated carbocycles. The first-order valence-electron chi connectivity index (χ1n) is 9.79. The lowest BCUT2D eigenvalue weighted by Gasteiger charge is -2.47. The van der Waals surface area contributed by atoms with E-state index in [4.69, 9.17) is 22.2 Å². The predicted octanol–water partition coefficient (Wildman–Crippen LogP) is -0.650. The first kappa shape index (κ1) is 21.5. The third-order valence-electron chi connectivity index (χ3n) is 6.56. The fraction of sp³-hybridized carbons (Fsp3) is 0.333. The van der Waals surface area contributed by atoms with Crippen molar-refractivity contribution in [2.45, 2.75) is 31.3 Å². The van der Waals surface area contributed by atoms with E-state index in [0.717, 1.165) is 0 Å². The predicted molar refractivity (Wildman–Crippen MR) is 107 cm³/mol. The van der Waals surface area contributed by atoms with Gasteiger partial charge in [-0.05, 0) is 36.0 Å². The highest BCUT2D eigenvalue weighted by Crippen LogP contribution is 2.53. The van der Waals surface area contributed by atoms with Crippen LogP contribution >= 0.6 is 0 Å². The van der Waals surface area contributed by atoms with Crippen molar-refractivity contribution in [3.63, 3.8) is 0 Å². The number of ketones is 2. The Morgan fingerprint density at radius 1 is 1.12 bits per heavy atom. The Balaban J connectivity index is 1.95. The van der Waals surface area contributed by atoms with Crippen LogP contribution in [0.3, 0.4) is 0 Å². The first-order valence-corrected chi connectivity index (χ1v) is 9.79. The van der Waals surface area contributed by atoms with Crippen LogP contribution in [0.2, 0.25) is 0 Å². The Labute approximate surface area is 181 Å². The summed E-state index contributed by atoms with van der Waals surface area (Å²) in [5.74, 6) is -1.57. The molecule has 9 N–H and O–H groups in total. The molecular weight excluding hydrogens is 422 g/mol. The molecule has 0 aliphatic heterocycles. The van der Waals surface area contributed by atoms with Gasteiger partial charge in [0.25, 0.3) is 5.91 Å². The molecule has 2 amide bonds. The van der Waals surface area contributed by atoms with Crippen LogP contribution in [-0.2, 0) is 36.9 Å². The summed E-state index contributed by atoms with van der Waals surface area (Å²) in [7, 11) is 0. The molecule has 11 heteroatoms. The summed E-state index contributed by atoms with van der Waals surface area (Å²) in [5, 5.41) is 32.1. The third-order valence-corrected chi connectivity index (χ3v) is 6.56. The second-order valence-electron chi connectivity index (χ2n) is 8.23. The molecule has 11 nitrogen and oxygen atoms in total. The molecule has 0 saturated heterocycles. The molecule has 3 aliphatic rings. The van der Waals surface area contributed by atoms with Crippen molar-refractivity contribution in [1.82, 2.24) is 0 Å². The summed E-state index contributed by atoms with van der Waals surface area (Å²) in [6.45, 7) is 0. The van der Waals surface area contributed by atoms with Crippen LogP contribution in [0.25, 0.3) is 5.76 Å². The van der Waals surface area contributed by atoms with Crippen molar-refractivity contribution in [2.24, 2.45) is 29.2 Å². The van der Waals surface area contributed by atoms with Gasteiger partial charge in [0.2, 0.25) is 17.3 Å². The van der Waals surface area contributed by atoms with Crippen LogP contribution in [0.1, 0.15) is 29.5 Å². The van der Waals surface area contributed by atoms with E-state index >= 15 is 0 Å². The summed E-state index contributed by atoms with van der Waals surface area (Å²) in [5.41, 5.74) is 8.17. The molecule has 0 radical (unpaired) electrons. The van der Waals surface area contributed by atoms with Gasteiger partial charge in [-0.15, -0.1) is 0 Å². The first-order chi connectivity index (χ1) is 15.0. The normalized spacial score (nSPS) is 27.0. The van der Waals surface area contributed by atoms with Crippen LogP contribution in [0, 0.1) is 11.8 Å². The van der Waals surface area contributed by atoms with E-state index in [1.807, 2.05) is 0 Å². The molecule has 3 aliphatic carbocycles. The number of phenols is 1. The quantitative estimate of drug-likeness (QED) is 0.257. The van der Waals surface area contributed by atoms with E-state index in [0.29, 0.717) is 11.1 Å². The fourth-order valence-electron chi connectivity index (χ4n) is 5.23. The number of aliphatic hydroxyl groups is 2. The largest absolute Gasteiger partial charge is 0.508 e. The van der Waals surface area contributed by atoms with E-state index in [1.54, 1.807) is 0 Å². The molecule has 3 atom stereocenters. The van der Waals surface area contributed by atoms with Crippen LogP contribution in [0.15, 0.2) is 29.0 Å². The number of rotatable bonds is 4. The molecule has 0 aromatic heterocycles. The smallest absolute Gasteiger partial charge is 0.255 e. The molecule has 0 bridgehead atoms. The highest BCUT2D eigenvalue weighted by molar-refractivity contribution is 6.22. The maximum atomic E-state index is 13.6. The summed E-state index contributed by atoms with van der Waals surface area (Å²) >= 11 is 0. The zero-order chi connectivity index (χ0) is 23.5. The van der Waals surface area contributed by atoms with Crippen LogP contribution in [0.5, 0.6) is 5.75 Å². The molecule has 1 aromatic rings. The Kier molecular flexibility index (Phi) is 4.83. The van der Waals surface area contributed by atoms with Gasteiger partial charge in [0, 0.05) is 17.9 Å². The van der Waals surface area contributed by atoms with E-state index in [1.165, 1.54) is 12.1 Å². The minimum absolute atomic E-state index is 0.0422. The number of nitrogens with two attached hydrogens (primary N) is 3. The number of aromatic hydroxyl groups is 1. The van der Waals surface area contributed by atoms with Gasteiger partial charge in [0.15, 0.2) is 11.5 Å².